The number of hydrogen-bond acceptors (Lipinski definition) is 5. The van der Waals surface area contributed by atoms with Crippen molar-refractivity contribution in [1.82, 2.24) is 15.0 Å². The van der Waals surface area contributed by atoms with Crippen LogP contribution in [0.3, 0.4) is 0 Å². The number of nitrogens with zero attached hydrogens (tertiary/aromatic N) is 3. The van der Waals surface area contributed by atoms with Crippen LogP contribution in [0, 0.1) is 6.92 Å². The zero-order valence-corrected chi connectivity index (χ0v) is 15.2. The zero-order valence-electron chi connectivity index (χ0n) is 15.2. The van der Waals surface area contributed by atoms with Gasteiger partial charge in [0.15, 0.2) is 11.5 Å². The number of imidazole rings is 1. The summed E-state index contributed by atoms with van der Waals surface area (Å²) in [5, 5.41) is 4.04. The number of carbonyl (C=O) groups is 1. The number of ether oxygens (including phenoxy) is 2. The molecule has 1 amide bonds. The van der Waals surface area contributed by atoms with Gasteiger partial charge in [0.05, 0.1) is 17.2 Å². The van der Waals surface area contributed by atoms with Crippen molar-refractivity contribution in [3.05, 3.63) is 53.3 Å². The zero-order chi connectivity index (χ0) is 18.8. The monoisotopic (exact) mass is 364 g/mol. The summed E-state index contributed by atoms with van der Waals surface area (Å²) in [5.74, 6) is 2.05. The molecule has 0 saturated heterocycles. The average molecular weight is 364 g/mol. The largest absolute Gasteiger partial charge is 0.486 e. The van der Waals surface area contributed by atoms with Crippen molar-refractivity contribution in [3.8, 4) is 11.5 Å². The summed E-state index contributed by atoms with van der Waals surface area (Å²) in [5.41, 5.74) is 5.70. The van der Waals surface area contributed by atoms with Gasteiger partial charge in [0.25, 0.3) is 5.91 Å². The summed E-state index contributed by atoms with van der Waals surface area (Å²) in [6, 6.07) is 11.0. The lowest BCUT2D eigenvalue weighted by atomic mass is 10.2. The second-order valence-corrected chi connectivity index (χ2v) is 6.21. The number of amides is 1. The molecule has 0 radical (unpaired) electrons. The first-order valence-corrected chi connectivity index (χ1v) is 8.85. The maximum absolute atomic E-state index is 12.4. The number of fused-ring (bicyclic) bond motifs is 2. The Morgan fingerprint density at radius 1 is 1.22 bits per heavy atom. The predicted molar refractivity (Wildman–Crippen MR) is 103 cm³/mol. The third-order valence-corrected chi connectivity index (χ3v) is 4.46. The van der Waals surface area contributed by atoms with E-state index in [1.807, 2.05) is 31.2 Å². The van der Waals surface area contributed by atoms with Gasteiger partial charge in [-0.15, -0.1) is 0 Å². The summed E-state index contributed by atoms with van der Waals surface area (Å²) in [6.07, 6.45) is 1.57. The van der Waals surface area contributed by atoms with E-state index in [2.05, 4.69) is 27.0 Å². The van der Waals surface area contributed by atoms with Crippen LogP contribution in [-0.4, -0.2) is 34.9 Å². The summed E-state index contributed by atoms with van der Waals surface area (Å²) in [7, 11) is 0. The Labute approximate surface area is 156 Å². The predicted octanol–water partition coefficient (Wildman–Crippen LogP) is 2.90. The van der Waals surface area contributed by atoms with E-state index in [0.717, 1.165) is 34.7 Å². The van der Waals surface area contributed by atoms with E-state index >= 15 is 0 Å². The molecule has 0 aliphatic carbocycles. The van der Waals surface area contributed by atoms with Crippen molar-refractivity contribution in [3.63, 3.8) is 0 Å². The summed E-state index contributed by atoms with van der Waals surface area (Å²) >= 11 is 0. The molecule has 0 spiro atoms. The first kappa shape index (κ1) is 17.1. The molecular formula is C20H20N4O3. The van der Waals surface area contributed by atoms with Crippen molar-refractivity contribution in [2.45, 2.75) is 20.4 Å². The van der Waals surface area contributed by atoms with Gasteiger partial charge in [-0.1, -0.05) is 0 Å². The first-order chi connectivity index (χ1) is 13.2. The molecule has 1 aliphatic rings. The van der Waals surface area contributed by atoms with Crippen molar-refractivity contribution in [1.29, 1.82) is 0 Å². The topological polar surface area (TPSA) is 77.7 Å². The van der Waals surface area contributed by atoms with Gasteiger partial charge < -0.3 is 14.0 Å². The number of carbonyl (C=O) groups excluding carboxylic acids is 1. The molecular weight excluding hydrogens is 344 g/mol. The number of nitrogens with one attached hydrogen (secondary N) is 1. The van der Waals surface area contributed by atoms with Gasteiger partial charge in [0.2, 0.25) is 0 Å². The first-order valence-electron chi connectivity index (χ1n) is 8.85. The summed E-state index contributed by atoms with van der Waals surface area (Å²) < 4.78 is 13.1. The molecule has 0 bridgehead atoms. The lowest BCUT2D eigenvalue weighted by Crippen LogP contribution is -2.17. The molecule has 2 heterocycles. The molecule has 0 saturated carbocycles. The molecule has 1 aliphatic heterocycles. The van der Waals surface area contributed by atoms with E-state index in [4.69, 9.17) is 9.47 Å². The molecule has 2 aromatic carbocycles. The number of rotatable bonds is 4. The van der Waals surface area contributed by atoms with Gasteiger partial charge in [0.1, 0.15) is 19.0 Å². The lowest BCUT2D eigenvalue weighted by Gasteiger charge is -2.18. The minimum atomic E-state index is -0.283. The Bertz CT molecular complexity index is 1040. The number of aryl methyl sites for hydroxylation is 2. The molecule has 7 nitrogen and oxygen atoms in total. The molecule has 0 unspecified atom stereocenters. The van der Waals surface area contributed by atoms with Crippen LogP contribution in [0.15, 0.2) is 41.5 Å². The molecule has 27 heavy (non-hydrogen) atoms. The van der Waals surface area contributed by atoms with Gasteiger partial charge in [-0.2, -0.15) is 5.10 Å². The van der Waals surface area contributed by atoms with Gasteiger partial charge in [-0.25, -0.2) is 10.4 Å². The molecule has 1 N–H and O–H groups in total. The lowest BCUT2D eigenvalue weighted by molar-refractivity contribution is 0.0955. The second kappa shape index (κ2) is 7.11. The van der Waals surface area contributed by atoms with Gasteiger partial charge >= 0.3 is 0 Å². The second-order valence-electron chi connectivity index (χ2n) is 6.21. The molecule has 0 atom stereocenters. The quantitative estimate of drug-likeness (QED) is 0.570. The number of aromatic nitrogens is 2. The highest BCUT2D eigenvalue weighted by Crippen LogP contribution is 2.30. The average Bonchev–Trinajstić information content (AvgIpc) is 3.01. The van der Waals surface area contributed by atoms with Crippen LogP contribution in [0.4, 0.5) is 0 Å². The number of hydrazone groups is 1. The van der Waals surface area contributed by atoms with E-state index in [0.29, 0.717) is 24.5 Å². The minimum absolute atomic E-state index is 0.283. The molecule has 138 valence electrons. The van der Waals surface area contributed by atoms with Gasteiger partial charge in [-0.3, -0.25) is 4.79 Å². The van der Waals surface area contributed by atoms with E-state index in [-0.39, 0.29) is 5.91 Å². The Balaban J connectivity index is 1.47. The van der Waals surface area contributed by atoms with Crippen LogP contribution in [-0.2, 0) is 6.54 Å². The summed E-state index contributed by atoms with van der Waals surface area (Å²) in [6.45, 7) is 5.95. The Kier molecular flexibility index (Phi) is 4.50. The maximum atomic E-state index is 12.4. The standard InChI is InChI=1S/C20H20N4O3/c1-3-24-13(2)22-16-11-15(5-6-17(16)24)20(25)23-21-12-14-4-7-18-19(10-14)27-9-8-26-18/h4-7,10-12H,3,8-9H2,1-2H3,(H,23,25). The van der Waals surface area contributed by atoms with Crippen LogP contribution in [0.5, 0.6) is 11.5 Å². The van der Waals surface area contributed by atoms with E-state index in [9.17, 15) is 4.79 Å². The van der Waals surface area contributed by atoms with Crippen LogP contribution < -0.4 is 14.9 Å². The Hall–Kier alpha value is -3.35. The Morgan fingerprint density at radius 2 is 2.04 bits per heavy atom. The van der Waals surface area contributed by atoms with E-state index in [1.54, 1.807) is 18.3 Å². The summed E-state index contributed by atoms with van der Waals surface area (Å²) in [4.78, 5) is 16.9. The number of benzene rings is 2. The highest BCUT2D eigenvalue weighted by molar-refractivity contribution is 5.98. The maximum Gasteiger partial charge on any atom is 0.271 e. The fourth-order valence-corrected chi connectivity index (χ4v) is 3.16. The molecule has 1 aromatic heterocycles. The molecule has 0 fully saturated rings. The minimum Gasteiger partial charge on any atom is -0.486 e. The Morgan fingerprint density at radius 3 is 2.85 bits per heavy atom. The number of hydrogen-bond donors (Lipinski definition) is 1. The molecule has 7 heteroatoms. The third-order valence-electron chi connectivity index (χ3n) is 4.46. The normalized spacial score (nSPS) is 13.3. The molecule has 4 rings (SSSR count). The van der Waals surface area contributed by atoms with Crippen LogP contribution in [0.25, 0.3) is 11.0 Å². The highest BCUT2D eigenvalue weighted by atomic mass is 16.6. The van der Waals surface area contributed by atoms with E-state index in [1.165, 1.54) is 0 Å². The van der Waals surface area contributed by atoms with Crippen molar-refractivity contribution in [2.75, 3.05) is 13.2 Å². The molecule has 3 aromatic rings. The van der Waals surface area contributed by atoms with Gasteiger partial charge in [0, 0.05) is 12.1 Å². The highest BCUT2D eigenvalue weighted by Gasteiger charge is 2.12. The van der Waals surface area contributed by atoms with Crippen molar-refractivity contribution >= 4 is 23.2 Å². The van der Waals surface area contributed by atoms with Crippen LogP contribution in [0.2, 0.25) is 0 Å². The van der Waals surface area contributed by atoms with Crippen molar-refractivity contribution < 1.29 is 14.3 Å². The fraction of sp³-hybridized carbons (Fsp3) is 0.250. The van der Waals surface area contributed by atoms with E-state index < -0.39 is 0 Å². The van der Waals surface area contributed by atoms with Crippen molar-refractivity contribution in [2.24, 2.45) is 5.10 Å². The fourth-order valence-electron chi connectivity index (χ4n) is 3.16. The smallest absolute Gasteiger partial charge is 0.271 e. The SMILES string of the molecule is CCn1c(C)nc2cc(C(=O)NN=Cc3ccc4c(c3)OCCO4)ccc21. The van der Waals surface area contributed by atoms with Gasteiger partial charge in [-0.05, 0) is 55.8 Å². The van der Waals surface area contributed by atoms with Crippen LogP contribution in [0.1, 0.15) is 28.7 Å². The third kappa shape index (κ3) is 3.36. The van der Waals surface area contributed by atoms with Crippen LogP contribution >= 0.6 is 0 Å².